The van der Waals surface area contributed by atoms with Crippen LogP contribution in [0.15, 0.2) is 24.3 Å². The summed E-state index contributed by atoms with van der Waals surface area (Å²) in [6.45, 7) is 3.99. The van der Waals surface area contributed by atoms with Gasteiger partial charge in [0.2, 0.25) is 0 Å². The Hall–Kier alpha value is -1.59. The van der Waals surface area contributed by atoms with Gasteiger partial charge in [0.25, 0.3) is 5.91 Å². The largest absolute Gasteiger partial charge is 0.491 e. The van der Waals surface area contributed by atoms with E-state index in [4.69, 9.17) is 4.74 Å². The van der Waals surface area contributed by atoms with Crippen LogP contribution in [0.3, 0.4) is 0 Å². The summed E-state index contributed by atoms with van der Waals surface area (Å²) < 4.78 is 5.56. The van der Waals surface area contributed by atoms with Gasteiger partial charge in [-0.1, -0.05) is 31.4 Å². The molecule has 0 aromatic heterocycles. The van der Waals surface area contributed by atoms with E-state index in [1.165, 1.54) is 0 Å². The molecule has 0 saturated heterocycles. The number of nitrogens with one attached hydrogen (secondary N) is 1. The van der Waals surface area contributed by atoms with Gasteiger partial charge in [0.1, 0.15) is 11.4 Å². The van der Waals surface area contributed by atoms with Gasteiger partial charge in [0.05, 0.1) is 12.2 Å². The summed E-state index contributed by atoms with van der Waals surface area (Å²) in [5.74, 6) is 0.368. The van der Waals surface area contributed by atoms with Crippen LogP contribution >= 0.6 is 0 Å². The van der Waals surface area contributed by atoms with Gasteiger partial charge in [-0.25, -0.2) is 0 Å². The monoisotopic (exact) mass is 321 g/mol. The fraction of sp³-hybridized carbons (Fsp3) is 0.611. The standard InChI is InChI=1S/C18H27NO4/c1-13(2)23-15-8-6-14(7-9-15)16(20)12-19-17(21)18(22)10-4-3-5-11-18/h6-9,13,16,20,22H,3-5,10-12H2,1-2H3,(H,19,21)/t16-/m0/s1. The molecular formula is C18H27NO4. The van der Waals surface area contributed by atoms with E-state index in [1.807, 2.05) is 13.8 Å². The summed E-state index contributed by atoms with van der Waals surface area (Å²) in [4.78, 5) is 12.1. The Balaban J connectivity index is 1.86. The molecule has 23 heavy (non-hydrogen) atoms. The maximum atomic E-state index is 12.1. The van der Waals surface area contributed by atoms with Crippen LogP contribution in [0.5, 0.6) is 5.75 Å². The topological polar surface area (TPSA) is 78.8 Å². The number of hydrogen-bond acceptors (Lipinski definition) is 4. The predicted octanol–water partition coefficient (Wildman–Crippen LogP) is 2.32. The first-order valence-electron chi connectivity index (χ1n) is 8.36. The number of amides is 1. The minimum Gasteiger partial charge on any atom is -0.491 e. The number of aliphatic hydroxyl groups is 2. The van der Waals surface area contributed by atoms with Crippen molar-refractivity contribution in [3.05, 3.63) is 29.8 Å². The summed E-state index contributed by atoms with van der Waals surface area (Å²) in [6.07, 6.45) is 3.07. The van der Waals surface area contributed by atoms with Gasteiger partial charge in [0, 0.05) is 6.54 Å². The molecule has 1 aromatic carbocycles. The Kier molecular flexibility index (Phi) is 6.02. The Morgan fingerprint density at radius 3 is 2.39 bits per heavy atom. The lowest BCUT2D eigenvalue weighted by Crippen LogP contribution is -2.48. The third-order valence-electron chi connectivity index (χ3n) is 4.20. The first kappa shape index (κ1) is 17.8. The zero-order chi connectivity index (χ0) is 16.9. The van der Waals surface area contributed by atoms with Gasteiger partial charge in [0.15, 0.2) is 0 Å². The molecule has 1 aromatic rings. The fourth-order valence-electron chi connectivity index (χ4n) is 2.88. The van der Waals surface area contributed by atoms with Crippen LogP contribution in [0.2, 0.25) is 0 Å². The van der Waals surface area contributed by atoms with Crippen molar-refractivity contribution in [3.63, 3.8) is 0 Å². The van der Waals surface area contributed by atoms with E-state index < -0.39 is 11.7 Å². The molecule has 1 aliphatic rings. The van der Waals surface area contributed by atoms with Crippen LogP contribution in [0.1, 0.15) is 57.6 Å². The van der Waals surface area contributed by atoms with Gasteiger partial charge >= 0.3 is 0 Å². The lowest BCUT2D eigenvalue weighted by atomic mass is 9.84. The quantitative estimate of drug-likeness (QED) is 0.751. The van der Waals surface area contributed by atoms with Gasteiger partial charge in [-0.05, 0) is 44.4 Å². The second kappa shape index (κ2) is 7.79. The molecule has 1 atom stereocenters. The molecule has 1 fully saturated rings. The molecule has 5 nitrogen and oxygen atoms in total. The van der Waals surface area contributed by atoms with Crippen molar-refractivity contribution in [1.29, 1.82) is 0 Å². The lowest BCUT2D eigenvalue weighted by molar-refractivity contribution is -0.143. The maximum Gasteiger partial charge on any atom is 0.252 e. The van der Waals surface area contributed by atoms with Crippen molar-refractivity contribution < 1.29 is 19.7 Å². The number of hydrogen-bond donors (Lipinski definition) is 3. The van der Waals surface area contributed by atoms with Crippen molar-refractivity contribution in [1.82, 2.24) is 5.32 Å². The number of ether oxygens (including phenoxy) is 1. The highest BCUT2D eigenvalue weighted by Crippen LogP contribution is 2.28. The molecule has 1 aliphatic carbocycles. The van der Waals surface area contributed by atoms with E-state index in [2.05, 4.69) is 5.32 Å². The number of carbonyl (C=O) groups excluding carboxylic acids is 1. The van der Waals surface area contributed by atoms with Crippen LogP contribution in [0.25, 0.3) is 0 Å². The normalized spacial score (nSPS) is 18.5. The van der Waals surface area contributed by atoms with Crippen LogP contribution in [0, 0.1) is 0 Å². The maximum absolute atomic E-state index is 12.1. The molecule has 0 aliphatic heterocycles. The van der Waals surface area contributed by atoms with Gasteiger partial charge in [-0.2, -0.15) is 0 Å². The van der Waals surface area contributed by atoms with Crippen molar-refractivity contribution in [2.24, 2.45) is 0 Å². The van der Waals surface area contributed by atoms with Crippen molar-refractivity contribution in [2.75, 3.05) is 6.54 Å². The SMILES string of the molecule is CC(C)Oc1ccc([C@@H](O)CNC(=O)C2(O)CCCCC2)cc1. The van der Waals surface area contributed by atoms with E-state index in [0.29, 0.717) is 18.4 Å². The van der Waals surface area contributed by atoms with Gasteiger partial charge < -0.3 is 20.3 Å². The molecule has 1 amide bonds. The Labute approximate surface area is 137 Å². The number of benzene rings is 1. The average Bonchev–Trinajstić information content (AvgIpc) is 2.53. The zero-order valence-electron chi connectivity index (χ0n) is 13.9. The van der Waals surface area contributed by atoms with Gasteiger partial charge in [-0.15, -0.1) is 0 Å². The highest BCUT2D eigenvalue weighted by atomic mass is 16.5. The Morgan fingerprint density at radius 2 is 1.83 bits per heavy atom. The molecule has 0 bridgehead atoms. The van der Waals surface area contributed by atoms with E-state index >= 15 is 0 Å². The minimum atomic E-state index is -1.27. The second-order valence-electron chi connectivity index (χ2n) is 6.55. The third kappa shape index (κ3) is 4.94. The minimum absolute atomic E-state index is 0.0888. The molecule has 0 spiro atoms. The Bertz CT molecular complexity index is 506. The van der Waals surface area contributed by atoms with Crippen molar-refractivity contribution in [3.8, 4) is 5.75 Å². The molecule has 5 heteroatoms. The molecule has 2 rings (SSSR count). The second-order valence-corrected chi connectivity index (χ2v) is 6.55. The smallest absolute Gasteiger partial charge is 0.252 e. The van der Waals surface area contributed by atoms with Crippen LogP contribution in [-0.2, 0) is 4.79 Å². The number of carbonyl (C=O) groups is 1. The highest BCUT2D eigenvalue weighted by molar-refractivity contribution is 5.84. The van der Waals surface area contributed by atoms with Crippen molar-refractivity contribution in [2.45, 2.75) is 63.8 Å². The number of aliphatic hydroxyl groups excluding tert-OH is 1. The molecule has 128 valence electrons. The molecule has 0 heterocycles. The summed E-state index contributed by atoms with van der Waals surface area (Å²) in [5.41, 5.74) is -0.565. The fourth-order valence-corrected chi connectivity index (χ4v) is 2.88. The van der Waals surface area contributed by atoms with Crippen LogP contribution in [-0.4, -0.2) is 34.4 Å². The highest BCUT2D eigenvalue weighted by Gasteiger charge is 2.36. The average molecular weight is 321 g/mol. The molecule has 0 radical (unpaired) electrons. The number of rotatable bonds is 6. The molecule has 3 N–H and O–H groups in total. The summed E-state index contributed by atoms with van der Waals surface area (Å²) >= 11 is 0. The Morgan fingerprint density at radius 1 is 1.22 bits per heavy atom. The summed E-state index contributed by atoms with van der Waals surface area (Å²) in [7, 11) is 0. The molecule has 1 saturated carbocycles. The first-order chi connectivity index (χ1) is 10.9. The van der Waals surface area contributed by atoms with E-state index in [0.717, 1.165) is 25.0 Å². The summed E-state index contributed by atoms with van der Waals surface area (Å²) in [6, 6.07) is 7.16. The third-order valence-corrected chi connectivity index (χ3v) is 4.20. The van der Waals surface area contributed by atoms with Crippen molar-refractivity contribution >= 4 is 5.91 Å². The van der Waals surface area contributed by atoms with E-state index in [-0.39, 0.29) is 18.6 Å². The van der Waals surface area contributed by atoms with Crippen LogP contribution < -0.4 is 10.1 Å². The van der Waals surface area contributed by atoms with E-state index in [1.54, 1.807) is 24.3 Å². The predicted molar refractivity (Wildman–Crippen MR) is 88.2 cm³/mol. The van der Waals surface area contributed by atoms with E-state index in [9.17, 15) is 15.0 Å². The zero-order valence-corrected chi connectivity index (χ0v) is 13.9. The molecule has 0 unspecified atom stereocenters. The lowest BCUT2D eigenvalue weighted by Gasteiger charge is -2.30. The molecular weight excluding hydrogens is 294 g/mol. The summed E-state index contributed by atoms with van der Waals surface area (Å²) in [5, 5.41) is 23.2. The van der Waals surface area contributed by atoms with Gasteiger partial charge in [-0.3, -0.25) is 4.79 Å². The first-order valence-corrected chi connectivity index (χ1v) is 8.36. The van der Waals surface area contributed by atoms with Crippen LogP contribution in [0.4, 0.5) is 0 Å².